The van der Waals surface area contributed by atoms with E-state index in [0.717, 1.165) is 50.5 Å². The van der Waals surface area contributed by atoms with Gasteiger partial charge < -0.3 is 20.3 Å². The van der Waals surface area contributed by atoms with Crippen LogP contribution < -0.4 is 10.6 Å². The fourth-order valence-electron chi connectivity index (χ4n) is 5.09. The summed E-state index contributed by atoms with van der Waals surface area (Å²) in [5, 5.41) is 6.10. The van der Waals surface area contributed by atoms with E-state index in [-0.39, 0.29) is 29.8 Å². The van der Waals surface area contributed by atoms with Crippen LogP contribution in [0.5, 0.6) is 0 Å². The highest BCUT2D eigenvalue weighted by Gasteiger charge is 2.44. The lowest BCUT2D eigenvalue weighted by Crippen LogP contribution is -2.54. The summed E-state index contributed by atoms with van der Waals surface area (Å²) in [6.45, 7) is 11.5. The van der Waals surface area contributed by atoms with Crippen LogP contribution >= 0.6 is 0 Å². The van der Waals surface area contributed by atoms with Crippen molar-refractivity contribution in [1.82, 2.24) is 15.5 Å². The van der Waals surface area contributed by atoms with Crippen LogP contribution in [0.1, 0.15) is 110 Å². The molecule has 1 aromatic carbocycles. The fraction of sp³-hybridized carbons (Fsp3) is 0.700. The Morgan fingerprint density at radius 1 is 1.00 bits per heavy atom. The quantitative estimate of drug-likeness (QED) is 0.422. The van der Waals surface area contributed by atoms with Crippen LogP contribution in [0.3, 0.4) is 0 Å². The number of nitrogens with one attached hydrogen (secondary N) is 2. The smallest absolute Gasteiger partial charge is 0.408 e. The molecule has 7 heteroatoms. The predicted octanol–water partition coefficient (Wildman–Crippen LogP) is 5.67. The Hall–Kier alpha value is -2.57. The SMILES string of the molecule is CCc1ccc(C(C(=O)NC2CCCCC2)N(C(=O)C(CC(C)C)NC(=O)OC(C)(C)C)C2CC2)cc1. The second-order valence-corrected chi connectivity index (χ2v) is 12.1. The fourth-order valence-corrected chi connectivity index (χ4v) is 5.09. The zero-order valence-electron chi connectivity index (χ0n) is 23.6. The lowest BCUT2D eigenvalue weighted by Gasteiger charge is -2.36. The van der Waals surface area contributed by atoms with Crippen molar-refractivity contribution in [2.24, 2.45) is 5.92 Å². The highest BCUT2D eigenvalue weighted by molar-refractivity contribution is 5.92. The topological polar surface area (TPSA) is 87.7 Å². The molecule has 206 valence electrons. The molecule has 1 aromatic rings. The van der Waals surface area contributed by atoms with Gasteiger partial charge in [-0.3, -0.25) is 9.59 Å². The van der Waals surface area contributed by atoms with Gasteiger partial charge in [-0.2, -0.15) is 0 Å². The molecule has 0 aliphatic heterocycles. The molecule has 3 amide bonds. The molecule has 0 bridgehead atoms. The first-order valence-corrected chi connectivity index (χ1v) is 14.2. The monoisotopic (exact) mass is 513 g/mol. The normalized spacial score (nSPS) is 18.1. The Morgan fingerprint density at radius 2 is 1.62 bits per heavy atom. The maximum absolute atomic E-state index is 14.2. The molecule has 2 unspecified atom stereocenters. The van der Waals surface area contributed by atoms with Gasteiger partial charge in [-0.15, -0.1) is 0 Å². The highest BCUT2D eigenvalue weighted by atomic mass is 16.6. The van der Waals surface area contributed by atoms with Crippen LogP contribution in [0.25, 0.3) is 0 Å². The second kappa shape index (κ2) is 12.8. The first-order valence-electron chi connectivity index (χ1n) is 14.2. The molecule has 0 aromatic heterocycles. The number of alkyl carbamates (subject to hydrolysis) is 1. The van der Waals surface area contributed by atoms with Crippen molar-refractivity contribution in [3.8, 4) is 0 Å². The lowest BCUT2D eigenvalue weighted by atomic mass is 9.94. The third-order valence-corrected chi connectivity index (χ3v) is 7.07. The number of carbonyl (C=O) groups is 3. The van der Waals surface area contributed by atoms with Gasteiger partial charge in [0.2, 0.25) is 11.8 Å². The van der Waals surface area contributed by atoms with Crippen molar-refractivity contribution >= 4 is 17.9 Å². The summed E-state index contributed by atoms with van der Waals surface area (Å²) in [6.07, 6.45) is 7.84. The molecule has 0 heterocycles. The highest BCUT2D eigenvalue weighted by Crippen LogP contribution is 2.36. The minimum Gasteiger partial charge on any atom is -0.444 e. The summed E-state index contributed by atoms with van der Waals surface area (Å²) >= 11 is 0. The molecule has 2 aliphatic rings. The Balaban J connectivity index is 1.93. The van der Waals surface area contributed by atoms with Crippen LogP contribution in [0.2, 0.25) is 0 Å². The molecular formula is C30H47N3O4. The van der Waals surface area contributed by atoms with Crippen molar-refractivity contribution < 1.29 is 19.1 Å². The average molecular weight is 514 g/mol. The number of rotatable bonds is 10. The van der Waals surface area contributed by atoms with Gasteiger partial charge in [-0.1, -0.05) is 64.3 Å². The minimum atomic E-state index is -0.768. The van der Waals surface area contributed by atoms with Gasteiger partial charge in [0.1, 0.15) is 17.7 Å². The van der Waals surface area contributed by atoms with E-state index in [1.807, 2.05) is 38.1 Å². The van der Waals surface area contributed by atoms with E-state index in [2.05, 4.69) is 17.6 Å². The van der Waals surface area contributed by atoms with Crippen LogP contribution in [0.4, 0.5) is 4.79 Å². The van der Waals surface area contributed by atoms with E-state index in [1.54, 1.807) is 25.7 Å². The molecule has 0 spiro atoms. The first kappa shape index (κ1) is 29.0. The molecule has 2 atom stereocenters. The number of hydrogen-bond donors (Lipinski definition) is 2. The summed E-state index contributed by atoms with van der Waals surface area (Å²) in [5.74, 6) is -0.175. The van der Waals surface area contributed by atoms with Crippen LogP contribution in [0.15, 0.2) is 24.3 Å². The van der Waals surface area contributed by atoms with Gasteiger partial charge in [0.25, 0.3) is 0 Å². The van der Waals surface area contributed by atoms with Gasteiger partial charge >= 0.3 is 6.09 Å². The summed E-state index contributed by atoms with van der Waals surface area (Å²) in [6, 6.07) is 6.65. The van der Waals surface area contributed by atoms with Crippen molar-refractivity contribution in [2.75, 3.05) is 0 Å². The molecule has 0 radical (unpaired) electrons. The number of benzene rings is 1. The molecule has 2 saturated carbocycles. The Bertz CT molecular complexity index is 912. The molecule has 37 heavy (non-hydrogen) atoms. The largest absolute Gasteiger partial charge is 0.444 e. The Morgan fingerprint density at radius 3 is 2.14 bits per heavy atom. The number of carbonyl (C=O) groups excluding carboxylic acids is 3. The van der Waals surface area contributed by atoms with Gasteiger partial charge in [-0.25, -0.2) is 4.79 Å². The second-order valence-electron chi connectivity index (χ2n) is 12.1. The molecule has 2 fully saturated rings. The maximum Gasteiger partial charge on any atom is 0.408 e. The molecule has 2 aliphatic carbocycles. The number of nitrogens with zero attached hydrogens (tertiary/aromatic N) is 1. The first-order chi connectivity index (χ1) is 17.5. The lowest BCUT2D eigenvalue weighted by molar-refractivity contribution is -0.143. The summed E-state index contributed by atoms with van der Waals surface area (Å²) in [5.41, 5.74) is 1.32. The van der Waals surface area contributed by atoms with E-state index in [4.69, 9.17) is 4.74 Å². The van der Waals surface area contributed by atoms with E-state index < -0.39 is 23.8 Å². The number of hydrogen-bond acceptors (Lipinski definition) is 4. The summed E-state index contributed by atoms with van der Waals surface area (Å²) in [4.78, 5) is 42.5. The van der Waals surface area contributed by atoms with Crippen LogP contribution in [-0.4, -0.2) is 46.5 Å². The van der Waals surface area contributed by atoms with Gasteiger partial charge in [0, 0.05) is 12.1 Å². The number of amides is 3. The van der Waals surface area contributed by atoms with Gasteiger partial charge in [0.05, 0.1) is 0 Å². The Kier molecular flexibility index (Phi) is 10.0. The summed E-state index contributed by atoms with van der Waals surface area (Å²) < 4.78 is 5.47. The Labute approximate surface area is 223 Å². The number of aryl methyl sites for hydroxylation is 1. The maximum atomic E-state index is 14.2. The van der Waals surface area contributed by atoms with Gasteiger partial charge in [0.15, 0.2) is 0 Å². The molecule has 3 rings (SSSR count). The minimum absolute atomic E-state index is 0.0180. The summed E-state index contributed by atoms with van der Waals surface area (Å²) in [7, 11) is 0. The van der Waals surface area contributed by atoms with Gasteiger partial charge in [-0.05, 0) is 76.3 Å². The molecule has 0 saturated heterocycles. The van der Waals surface area contributed by atoms with E-state index in [9.17, 15) is 14.4 Å². The zero-order chi connectivity index (χ0) is 27.2. The molecule has 2 N–H and O–H groups in total. The third kappa shape index (κ3) is 8.75. The van der Waals surface area contributed by atoms with E-state index >= 15 is 0 Å². The zero-order valence-corrected chi connectivity index (χ0v) is 23.6. The van der Waals surface area contributed by atoms with Crippen molar-refractivity contribution in [1.29, 1.82) is 0 Å². The van der Waals surface area contributed by atoms with E-state index in [1.165, 1.54) is 12.0 Å². The average Bonchev–Trinajstić information content (AvgIpc) is 3.66. The molecule has 7 nitrogen and oxygen atoms in total. The predicted molar refractivity (Wildman–Crippen MR) is 146 cm³/mol. The van der Waals surface area contributed by atoms with Crippen molar-refractivity contribution in [3.05, 3.63) is 35.4 Å². The number of ether oxygens (including phenoxy) is 1. The standard InChI is InChI=1S/C30H47N3O4/c1-7-21-13-15-22(16-14-21)26(27(34)31-23-11-9-8-10-12-23)33(24-17-18-24)28(35)25(19-20(2)3)32-29(36)37-30(4,5)6/h13-16,20,23-26H,7-12,17-19H2,1-6H3,(H,31,34)(H,32,36). The van der Waals surface area contributed by atoms with Crippen molar-refractivity contribution in [3.63, 3.8) is 0 Å². The van der Waals surface area contributed by atoms with E-state index in [0.29, 0.717) is 6.42 Å². The third-order valence-electron chi connectivity index (χ3n) is 7.07. The van der Waals surface area contributed by atoms with Crippen molar-refractivity contribution in [2.45, 2.75) is 129 Å². The van der Waals surface area contributed by atoms with Crippen LogP contribution in [0, 0.1) is 5.92 Å². The molecular weight excluding hydrogens is 466 g/mol. The van der Waals surface area contributed by atoms with Crippen LogP contribution in [-0.2, 0) is 20.7 Å².